The summed E-state index contributed by atoms with van der Waals surface area (Å²) in [7, 11) is 0. The molecule has 0 spiro atoms. The number of anilines is 2. The summed E-state index contributed by atoms with van der Waals surface area (Å²) in [4.78, 5) is 24.1. The van der Waals surface area contributed by atoms with Crippen LogP contribution in [0.25, 0.3) is 11.1 Å². The Morgan fingerprint density at radius 3 is 2.68 bits per heavy atom. The molecule has 1 unspecified atom stereocenters. The van der Waals surface area contributed by atoms with Gasteiger partial charge in [-0.2, -0.15) is 13.2 Å². The topological polar surface area (TPSA) is 87.6 Å². The largest absolute Gasteiger partial charge is 0.416 e. The number of hydrogen-bond acceptors (Lipinski definition) is 6. The molecular weight excluding hydrogens is 497 g/mol. The number of rotatable bonds is 4. The average Bonchev–Trinajstić information content (AvgIpc) is 2.88. The molecule has 200 valence electrons. The molecular formula is C28H29F3N4O3. The van der Waals surface area contributed by atoms with E-state index in [1.165, 1.54) is 18.3 Å². The Hall–Kier alpha value is -3.50. The zero-order valence-electron chi connectivity index (χ0n) is 21.3. The zero-order chi connectivity index (χ0) is 27.2. The van der Waals surface area contributed by atoms with Gasteiger partial charge in [-0.05, 0) is 57.5 Å². The van der Waals surface area contributed by atoms with Crippen molar-refractivity contribution in [1.29, 1.82) is 0 Å². The van der Waals surface area contributed by atoms with Crippen molar-refractivity contribution in [1.82, 2.24) is 9.97 Å². The van der Waals surface area contributed by atoms with E-state index in [1.54, 1.807) is 12.3 Å². The minimum atomic E-state index is -4.54. The summed E-state index contributed by atoms with van der Waals surface area (Å²) in [5.74, 6) is -0.698. The van der Waals surface area contributed by atoms with Crippen LogP contribution < -0.4 is 10.2 Å². The van der Waals surface area contributed by atoms with Crippen LogP contribution in [0.15, 0.2) is 48.8 Å². The van der Waals surface area contributed by atoms with Crippen molar-refractivity contribution in [3.05, 3.63) is 71.3 Å². The molecule has 2 aliphatic heterocycles. The number of benzene rings is 1. The van der Waals surface area contributed by atoms with Crippen molar-refractivity contribution in [2.45, 2.75) is 45.0 Å². The Bertz CT molecular complexity index is 1370. The smallest absolute Gasteiger partial charge is 0.390 e. The molecule has 0 bridgehead atoms. The first-order chi connectivity index (χ1) is 17.9. The van der Waals surface area contributed by atoms with E-state index in [2.05, 4.69) is 15.2 Å². The van der Waals surface area contributed by atoms with Gasteiger partial charge < -0.3 is 20.1 Å². The van der Waals surface area contributed by atoms with Crippen molar-refractivity contribution in [2.24, 2.45) is 5.92 Å². The summed E-state index contributed by atoms with van der Waals surface area (Å²) in [5, 5.41) is 13.5. The number of aryl methyl sites for hydroxylation is 1. The summed E-state index contributed by atoms with van der Waals surface area (Å²) in [5.41, 5.74) is 2.62. The number of alkyl halides is 3. The molecule has 2 N–H and O–H groups in total. The van der Waals surface area contributed by atoms with Crippen molar-refractivity contribution in [3.63, 3.8) is 0 Å². The van der Waals surface area contributed by atoms with E-state index in [1.807, 2.05) is 26.8 Å². The van der Waals surface area contributed by atoms with Crippen LogP contribution in [0.5, 0.6) is 0 Å². The lowest BCUT2D eigenvalue weighted by Gasteiger charge is -2.49. The Labute approximate surface area is 218 Å². The van der Waals surface area contributed by atoms with Crippen LogP contribution in [0.2, 0.25) is 0 Å². The highest BCUT2D eigenvalue weighted by Gasteiger charge is 2.43. The molecule has 10 heteroatoms. The van der Waals surface area contributed by atoms with Crippen molar-refractivity contribution < 1.29 is 27.8 Å². The maximum atomic E-state index is 13.1. The fraction of sp³-hybridized carbons (Fsp3) is 0.393. The predicted molar refractivity (Wildman–Crippen MR) is 137 cm³/mol. The number of fused-ring (bicyclic) bond motifs is 3. The number of ether oxygens (including phenoxy) is 1. The fourth-order valence-corrected chi connectivity index (χ4v) is 5.29. The maximum Gasteiger partial charge on any atom is 0.416 e. The van der Waals surface area contributed by atoms with Gasteiger partial charge in [-0.1, -0.05) is 6.07 Å². The molecule has 5 rings (SSSR count). The highest BCUT2D eigenvalue weighted by atomic mass is 19.4. The third-order valence-corrected chi connectivity index (χ3v) is 7.32. The van der Waals surface area contributed by atoms with Crippen molar-refractivity contribution in [3.8, 4) is 11.1 Å². The minimum absolute atomic E-state index is 0.0191. The van der Waals surface area contributed by atoms with Crippen LogP contribution in [-0.4, -0.2) is 52.4 Å². The molecule has 38 heavy (non-hydrogen) atoms. The number of morpholine rings is 1. The first kappa shape index (κ1) is 26.1. The lowest BCUT2D eigenvalue weighted by atomic mass is 9.77. The summed E-state index contributed by atoms with van der Waals surface area (Å²) in [6.45, 7) is 7.26. The van der Waals surface area contributed by atoms with Gasteiger partial charge in [-0.25, -0.2) is 0 Å². The first-order valence-corrected chi connectivity index (χ1v) is 12.4. The first-order valence-electron chi connectivity index (χ1n) is 12.4. The maximum absolute atomic E-state index is 13.1. The summed E-state index contributed by atoms with van der Waals surface area (Å²) in [6, 6.07) is 8.10. The lowest BCUT2D eigenvalue weighted by molar-refractivity contribution is -0.137. The van der Waals surface area contributed by atoms with E-state index in [0.29, 0.717) is 37.6 Å². The molecule has 1 saturated heterocycles. The van der Waals surface area contributed by atoms with E-state index in [9.17, 15) is 23.1 Å². The number of carbonyl (C=O) groups is 1. The van der Waals surface area contributed by atoms with Crippen LogP contribution in [0.1, 0.15) is 41.2 Å². The molecule has 1 aromatic carbocycles. The molecule has 2 aliphatic rings. The number of aromatic nitrogens is 2. The number of carbonyl (C=O) groups excluding carboxylic acids is 1. The SMILES string of the molecule is Cc1ncc(NC(=O)c2cccc(C(F)(F)F)c2)cc1-c1cnc2c(c1)N1CCOC[C@H]1C(C(C)(C)O)C2. The van der Waals surface area contributed by atoms with Gasteiger partial charge in [0.15, 0.2) is 0 Å². The highest BCUT2D eigenvalue weighted by molar-refractivity contribution is 6.04. The van der Waals surface area contributed by atoms with E-state index < -0.39 is 23.2 Å². The van der Waals surface area contributed by atoms with Crippen LogP contribution in [0.4, 0.5) is 24.5 Å². The molecule has 0 aliphatic carbocycles. The number of nitrogens with zero attached hydrogens (tertiary/aromatic N) is 3. The molecule has 0 radical (unpaired) electrons. The zero-order valence-corrected chi connectivity index (χ0v) is 21.3. The second-order valence-corrected chi connectivity index (χ2v) is 10.4. The van der Waals surface area contributed by atoms with Crippen LogP contribution >= 0.6 is 0 Å². The lowest BCUT2D eigenvalue weighted by Crippen LogP contribution is -2.58. The standard InChI is InChI=1S/C28H29F3N4O3/c1-16-21(11-20(14-32-16)34-26(36)17-5-4-6-19(9-17)28(29,30)31)18-10-24-23(33-13-18)12-22(27(2,3)37)25-15-38-8-7-35(24)25/h4-6,9-11,13-14,22,25,37H,7-8,12,15H2,1-3H3,(H,34,36)/t22?,25-/m0/s1. The second kappa shape index (κ2) is 9.67. The molecule has 1 amide bonds. The summed E-state index contributed by atoms with van der Waals surface area (Å²) in [6.07, 6.45) is -0.694. The van der Waals surface area contributed by atoms with Crippen LogP contribution in [-0.2, 0) is 17.3 Å². The third-order valence-electron chi connectivity index (χ3n) is 7.32. The molecule has 2 aromatic heterocycles. The Kier molecular flexibility index (Phi) is 6.65. The molecule has 4 heterocycles. The molecule has 2 atom stereocenters. The van der Waals surface area contributed by atoms with E-state index in [4.69, 9.17) is 9.72 Å². The number of halogens is 3. The number of nitrogens with one attached hydrogen (secondary N) is 1. The number of amides is 1. The van der Waals surface area contributed by atoms with Crippen LogP contribution in [0, 0.1) is 12.8 Å². The van der Waals surface area contributed by atoms with Gasteiger partial charge in [0.05, 0.1) is 53.7 Å². The molecule has 1 fully saturated rings. The highest BCUT2D eigenvalue weighted by Crippen LogP contribution is 2.41. The van der Waals surface area contributed by atoms with Gasteiger partial charge >= 0.3 is 6.18 Å². The van der Waals surface area contributed by atoms with E-state index in [0.717, 1.165) is 34.6 Å². The summed E-state index contributed by atoms with van der Waals surface area (Å²) >= 11 is 0. The van der Waals surface area contributed by atoms with Gasteiger partial charge in [0, 0.05) is 41.0 Å². The Balaban J connectivity index is 1.44. The van der Waals surface area contributed by atoms with Gasteiger partial charge in [0.25, 0.3) is 5.91 Å². The van der Waals surface area contributed by atoms with Crippen molar-refractivity contribution >= 4 is 17.3 Å². The second-order valence-electron chi connectivity index (χ2n) is 10.4. The fourth-order valence-electron chi connectivity index (χ4n) is 5.29. The van der Waals surface area contributed by atoms with Crippen LogP contribution in [0.3, 0.4) is 0 Å². The summed E-state index contributed by atoms with van der Waals surface area (Å²) < 4.78 is 45.0. The Morgan fingerprint density at radius 1 is 1.16 bits per heavy atom. The van der Waals surface area contributed by atoms with Crippen molar-refractivity contribution in [2.75, 3.05) is 30.0 Å². The van der Waals surface area contributed by atoms with Gasteiger partial charge in [-0.15, -0.1) is 0 Å². The number of pyridine rings is 2. The average molecular weight is 527 g/mol. The number of aliphatic hydroxyl groups is 1. The van der Waals surface area contributed by atoms with Gasteiger partial charge in [0.2, 0.25) is 0 Å². The number of hydrogen-bond donors (Lipinski definition) is 2. The molecule has 0 saturated carbocycles. The van der Waals surface area contributed by atoms with Gasteiger partial charge in [-0.3, -0.25) is 14.8 Å². The molecule has 3 aromatic rings. The van der Waals surface area contributed by atoms with E-state index >= 15 is 0 Å². The normalized spacial score (nSPS) is 19.5. The third kappa shape index (κ3) is 5.10. The minimum Gasteiger partial charge on any atom is -0.390 e. The van der Waals surface area contributed by atoms with Gasteiger partial charge in [0.1, 0.15) is 0 Å². The Morgan fingerprint density at radius 2 is 1.95 bits per heavy atom. The quantitative estimate of drug-likeness (QED) is 0.505. The van der Waals surface area contributed by atoms with E-state index in [-0.39, 0.29) is 17.5 Å². The predicted octanol–water partition coefficient (Wildman–Crippen LogP) is 4.87. The monoisotopic (exact) mass is 526 g/mol. The molecule has 7 nitrogen and oxygen atoms in total.